The minimum Gasteiger partial charge on any atom is -0.396 e. The van der Waals surface area contributed by atoms with E-state index in [1.165, 1.54) is 4.88 Å². The standard InChI is InChI=1S/C15H28N4OS/c1-4-6-13(7-8-20)9-17-15(16-5-2)18-10-14-12(3)19-11-21-14/h11,13,20H,4-10H2,1-3H3,(H2,16,17,18). The highest BCUT2D eigenvalue weighted by molar-refractivity contribution is 7.09. The second-order valence-corrected chi connectivity index (χ2v) is 6.04. The average molecular weight is 312 g/mol. The number of nitrogens with one attached hydrogen (secondary N) is 2. The summed E-state index contributed by atoms with van der Waals surface area (Å²) < 4.78 is 0. The highest BCUT2D eigenvalue weighted by Gasteiger charge is 2.08. The van der Waals surface area contributed by atoms with Crippen LogP contribution in [0.4, 0.5) is 0 Å². The molecular formula is C15H28N4OS. The highest BCUT2D eigenvalue weighted by Crippen LogP contribution is 2.13. The number of aromatic nitrogens is 1. The van der Waals surface area contributed by atoms with Gasteiger partial charge in [0.05, 0.1) is 17.7 Å². The molecule has 3 N–H and O–H groups in total. The molecule has 5 nitrogen and oxygen atoms in total. The number of guanidine groups is 1. The normalized spacial score (nSPS) is 13.2. The molecule has 1 unspecified atom stereocenters. The quantitative estimate of drug-likeness (QED) is 0.483. The van der Waals surface area contributed by atoms with E-state index in [1.807, 2.05) is 12.4 Å². The van der Waals surface area contributed by atoms with Gasteiger partial charge >= 0.3 is 0 Å². The maximum atomic E-state index is 9.11. The number of hydrogen-bond acceptors (Lipinski definition) is 4. The van der Waals surface area contributed by atoms with Gasteiger partial charge in [-0.25, -0.2) is 9.98 Å². The third-order valence-corrected chi connectivity index (χ3v) is 4.28. The number of aliphatic hydroxyl groups excluding tert-OH is 1. The largest absolute Gasteiger partial charge is 0.396 e. The number of nitrogens with zero attached hydrogens (tertiary/aromatic N) is 2. The van der Waals surface area contributed by atoms with Crippen LogP contribution in [0.3, 0.4) is 0 Å². The lowest BCUT2D eigenvalue weighted by atomic mass is 10.0. The maximum absolute atomic E-state index is 9.11. The molecule has 0 fully saturated rings. The molecule has 1 aromatic rings. The summed E-state index contributed by atoms with van der Waals surface area (Å²) >= 11 is 1.64. The van der Waals surface area contributed by atoms with Crippen molar-refractivity contribution in [3.05, 3.63) is 16.1 Å². The minimum absolute atomic E-state index is 0.250. The molecule has 0 amide bonds. The fourth-order valence-electron chi connectivity index (χ4n) is 2.15. The van der Waals surface area contributed by atoms with E-state index in [4.69, 9.17) is 5.11 Å². The van der Waals surface area contributed by atoms with Gasteiger partial charge in [0.15, 0.2) is 5.96 Å². The second-order valence-electron chi connectivity index (χ2n) is 5.10. The van der Waals surface area contributed by atoms with E-state index in [0.717, 1.165) is 44.0 Å². The second kappa shape index (κ2) is 10.6. The van der Waals surface area contributed by atoms with Crippen LogP contribution < -0.4 is 10.6 Å². The number of rotatable bonds is 9. The molecule has 1 atom stereocenters. The first-order chi connectivity index (χ1) is 10.2. The lowest BCUT2D eigenvalue weighted by molar-refractivity contribution is 0.251. The molecule has 0 saturated carbocycles. The van der Waals surface area contributed by atoms with Crippen molar-refractivity contribution in [2.75, 3.05) is 19.7 Å². The highest BCUT2D eigenvalue weighted by atomic mass is 32.1. The number of aryl methyl sites for hydroxylation is 1. The Kier molecular flexibility index (Phi) is 9.01. The molecule has 0 saturated heterocycles. The molecule has 0 aliphatic rings. The van der Waals surface area contributed by atoms with E-state index < -0.39 is 0 Å². The summed E-state index contributed by atoms with van der Waals surface area (Å²) in [6.45, 7) is 8.85. The summed E-state index contributed by atoms with van der Waals surface area (Å²) in [5, 5.41) is 15.8. The summed E-state index contributed by atoms with van der Waals surface area (Å²) in [6.07, 6.45) is 3.11. The SMILES string of the molecule is CCCC(CCO)CNC(=NCc1scnc1C)NCC. The Bertz CT molecular complexity index is 414. The van der Waals surface area contributed by atoms with Crippen LogP contribution in [-0.2, 0) is 6.54 Å². The van der Waals surface area contributed by atoms with Crippen molar-refractivity contribution in [3.8, 4) is 0 Å². The van der Waals surface area contributed by atoms with Gasteiger partial charge in [-0.1, -0.05) is 13.3 Å². The van der Waals surface area contributed by atoms with E-state index in [0.29, 0.717) is 12.5 Å². The third kappa shape index (κ3) is 6.91. The van der Waals surface area contributed by atoms with E-state index in [2.05, 4.69) is 34.5 Å². The predicted octanol–water partition coefficient (Wildman–Crippen LogP) is 2.31. The first-order valence-electron chi connectivity index (χ1n) is 7.73. The van der Waals surface area contributed by atoms with Crippen molar-refractivity contribution in [1.29, 1.82) is 0 Å². The number of thiazole rings is 1. The Morgan fingerprint density at radius 3 is 2.76 bits per heavy atom. The number of aliphatic hydroxyl groups is 1. The van der Waals surface area contributed by atoms with Crippen LogP contribution in [0.25, 0.3) is 0 Å². The van der Waals surface area contributed by atoms with Crippen LogP contribution in [0.15, 0.2) is 10.5 Å². The molecule has 1 heterocycles. The summed E-state index contributed by atoms with van der Waals surface area (Å²) in [7, 11) is 0. The topological polar surface area (TPSA) is 69.5 Å². The summed E-state index contributed by atoms with van der Waals surface area (Å²) in [5.41, 5.74) is 2.92. The molecule has 0 radical (unpaired) electrons. The predicted molar refractivity (Wildman–Crippen MR) is 89.8 cm³/mol. The van der Waals surface area contributed by atoms with Crippen molar-refractivity contribution in [2.24, 2.45) is 10.9 Å². The van der Waals surface area contributed by atoms with Gasteiger partial charge in [0.2, 0.25) is 0 Å². The van der Waals surface area contributed by atoms with Crippen LogP contribution in [0.2, 0.25) is 0 Å². The van der Waals surface area contributed by atoms with Gasteiger partial charge in [-0.3, -0.25) is 0 Å². The molecule has 0 spiro atoms. The maximum Gasteiger partial charge on any atom is 0.191 e. The monoisotopic (exact) mass is 312 g/mol. The van der Waals surface area contributed by atoms with Gasteiger partial charge in [-0.05, 0) is 32.6 Å². The molecule has 21 heavy (non-hydrogen) atoms. The molecule has 1 rings (SSSR count). The van der Waals surface area contributed by atoms with Crippen LogP contribution in [0.1, 0.15) is 43.7 Å². The van der Waals surface area contributed by atoms with E-state index in [-0.39, 0.29) is 6.61 Å². The zero-order valence-corrected chi connectivity index (χ0v) is 14.2. The molecule has 0 bridgehead atoms. The number of hydrogen-bond donors (Lipinski definition) is 3. The van der Waals surface area contributed by atoms with Gasteiger partial charge in [-0.2, -0.15) is 0 Å². The Morgan fingerprint density at radius 2 is 2.19 bits per heavy atom. The molecule has 120 valence electrons. The van der Waals surface area contributed by atoms with E-state index in [9.17, 15) is 0 Å². The van der Waals surface area contributed by atoms with Crippen molar-refractivity contribution in [2.45, 2.75) is 46.6 Å². The lowest BCUT2D eigenvalue weighted by Gasteiger charge is -2.18. The summed E-state index contributed by atoms with van der Waals surface area (Å²) in [4.78, 5) is 10.1. The van der Waals surface area contributed by atoms with Crippen LogP contribution in [0, 0.1) is 12.8 Å². The number of aliphatic imine (C=N–C) groups is 1. The first-order valence-corrected chi connectivity index (χ1v) is 8.61. The zero-order valence-electron chi connectivity index (χ0n) is 13.4. The molecule has 0 aliphatic heterocycles. The molecular weight excluding hydrogens is 284 g/mol. The van der Waals surface area contributed by atoms with Crippen molar-refractivity contribution < 1.29 is 5.11 Å². The van der Waals surface area contributed by atoms with Crippen LogP contribution in [0.5, 0.6) is 0 Å². The Labute approximate surface area is 131 Å². The van der Waals surface area contributed by atoms with Gasteiger partial charge in [0.25, 0.3) is 0 Å². The van der Waals surface area contributed by atoms with Crippen molar-refractivity contribution in [1.82, 2.24) is 15.6 Å². The Morgan fingerprint density at radius 1 is 1.38 bits per heavy atom. The summed E-state index contributed by atoms with van der Waals surface area (Å²) in [5.74, 6) is 1.33. The Hall–Kier alpha value is -1.14. The van der Waals surface area contributed by atoms with Gasteiger partial charge in [0.1, 0.15) is 0 Å². The van der Waals surface area contributed by atoms with Crippen molar-refractivity contribution >= 4 is 17.3 Å². The molecule has 1 aromatic heterocycles. The Balaban J connectivity index is 2.53. The fraction of sp³-hybridized carbons (Fsp3) is 0.733. The first kappa shape index (κ1) is 17.9. The van der Waals surface area contributed by atoms with Gasteiger partial charge < -0.3 is 15.7 Å². The molecule has 0 aromatic carbocycles. The summed E-state index contributed by atoms with van der Waals surface area (Å²) in [6, 6.07) is 0. The van der Waals surface area contributed by atoms with Crippen molar-refractivity contribution in [3.63, 3.8) is 0 Å². The van der Waals surface area contributed by atoms with Crippen LogP contribution >= 0.6 is 11.3 Å². The van der Waals surface area contributed by atoms with Gasteiger partial charge in [-0.15, -0.1) is 11.3 Å². The van der Waals surface area contributed by atoms with Gasteiger partial charge in [0, 0.05) is 24.6 Å². The molecule has 0 aliphatic carbocycles. The zero-order chi connectivity index (χ0) is 15.5. The van der Waals surface area contributed by atoms with Crippen LogP contribution in [-0.4, -0.2) is 35.7 Å². The van der Waals surface area contributed by atoms with E-state index >= 15 is 0 Å². The minimum atomic E-state index is 0.250. The molecule has 6 heteroatoms. The average Bonchev–Trinajstić information content (AvgIpc) is 2.87. The fourth-order valence-corrected chi connectivity index (χ4v) is 2.85. The smallest absolute Gasteiger partial charge is 0.191 e. The third-order valence-electron chi connectivity index (χ3n) is 3.36. The lowest BCUT2D eigenvalue weighted by Crippen LogP contribution is -2.40. The van der Waals surface area contributed by atoms with E-state index in [1.54, 1.807) is 11.3 Å².